The van der Waals surface area contributed by atoms with Crippen LogP contribution < -0.4 is 24.8 Å². The highest BCUT2D eigenvalue weighted by Crippen LogP contribution is 2.54. The number of hydrogen-bond acceptors (Lipinski definition) is 13. The first-order chi connectivity index (χ1) is 19.1. The zero-order valence-electron chi connectivity index (χ0n) is 23.2. The summed E-state index contributed by atoms with van der Waals surface area (Å²) in [6.07, 6.45) is 0.797. The van der Waals surface area contributed by atoms with Crippen LogP contribution in [0.2, 0.25) is 0 Å². The predicted octanol–water partition coefficient (Wildman–Crippen LogP) is 4.16. The maximum atomic E-state index is 13.9. The average molecular weight is 586 g/mol. The Morgan fingerprint density at radius 1 is 1.20 bits per heavy atom. The number of anilines is 1. The van der Waals surface area contributed by atoms with Gasteiger partial charge in [0.2, 0.25) is 10.9 Å². The Balaban J connectivity index is 1.89. The van der Waals surface area contributed by atoms with Gasteiger partial charge in [0.25, 0.3) is 0 Å². The molecule has 0 amide bonds. The summed E-state index contributed by atoms with van der Waals surface area (Å²) in [6, 6.07) is 5.72. The summed E-state index contributed by atoms with van der Waals surface area (Å²) in [5.74, 6) is 0.120. The van der Waals surface area contributed by atoms with Crippen LogP contribution in [0.15, 0.2) is 39.1 Å². The molecular formula is C27H31N5O6S2. The van der Waals surface area contributed by atoms with Crippen molar-refractivity contribution in [3.8, 4) is 23.3 Å². The molecule has 1 aromatic heterocycles. The molecular weight excluding hydrogens is 554 g/mol. The highest BCUT2D eigenvalue weighted by Gasteiger charge is 2.46. The second-order valence-corrected chi connectivity index (χ2v) is 12.0. The van der Waals surface area contributed by atoms with E-state index in [1.165, 1.54) is 44.4 Å². The van der Waals surface area contributed by atoms with E-state index in [0.29, 0.717) is 63.0 Å². The van der Waals surface area contributed by atoms with Crippen molar-refractivity contribution in [2.24, 2.45) is 11.1 Å². The first-order valence-corrected chi connectivity index (χ1v) is 14.3. The van der Waals surface area contributed by atoms with E-state index >= 15 is 0 Å². The number of carbonyl (C=O) groups is 2. The summed E-state index contributed by atoms with van der Waals surface area (Å²) >= 11 is 2.41. The van der Waals surface area contributed by atoms with Crippen LogP contribution in [0, 0.1) is 16.7 Å². The molecule has 0 spiro atoms. The fourth-order valence-electron chi connectivity index (χ4n) is 5.06. The standard InChI is InChI=1S/C27H31N5O6S2/c1-7-38-19(34)13-39-26-31-30-25(40-26)32-16-10-27(2,3)11-17(33)21(16)20(15(12-28)24(32)29)14-8-9-18(35-4)23(37-6)22(14)36-5/h8-9,20H,7,10-11,13,29H2,1-6H3. The zero-order chi connectivity index (χ0) is 29.2. The van der Waals surface area contributed by atoms with Crippen molar-refractivity contribution >= 4 is 40.0 Å². The molecule has 2 aromatic rings. The molecule has 13 heteroatoms. The minimum atomic E-state index is -0.791. The van der Waals surface area contributed by atoms with Crippen molar-refractivity contribution in [2.45, 2.75) is 43.9 Å². The summed E-state index contributed by atoms with van der Waals surface area (Å²) in [5.41, 5.74) is 8.19. The van der Waals surface area contributed by atoms with Gasteiger partial charge < -0.3 is 24.7 Å². The Hall–Kier alpha value is -3.76. The highest BCUT2D eigenvalue weighted by molar-refractivity contribution is 8.01. The zero-order valence-corrected chi connectivity index (χ0v) is 24.8. The van der Waals surface area contributed by atoms with E-state index in [1.54, 1.807) is 24.0 Å². The molecule has 0 bridgehead atoms. The summed E-state index contributed by atoms with van der Waals surface area (Å²) in [7, 11) is 4.50. The van der Waals surface area contributed by atoms with Gasteiger partial charge in [-0.05, 0) is 24.8 Å². The molecule has 2 N–H and O–H groups in total. The molecule has 0 saturated heterocycles. The van der Waals surface area contributed by atoms with E-state index in [4.69, 9.17) is 24.7 Å². The Morgan fingerprint density at radius 2 is 1.93 bits per heavy atom. The van der Waals surface area contributed by atoms with E-state index in [2.05, 4.69) is 16.3 Å². The maximum Gasteiger partial charge on any atom is 0.316 e. The third-order valence-corrected chi connectivity index (χ3v) is 8.65. The molecule has 2 heterocycles. The molecule has 1 aliphatic carbocycles. The number of esters is 1. The molecule has 0 saturated carbocycles. The monoisotopic (exact) mass is 585 g/mol. The van der Waals surface area contributed by atoms with E-state index < -0.39 is 5.92 Å². The number of nitrogens with zero attached hydrogens (tertiary/aromatic N) is 4. The molecule has 0 fully saturated rings. The van der Waals surface area contributed by atoms with Crippen molar-refractivity contribution in [1.29, 1.82) is 5.26 Å². The van der Waals surface area contributed by atoms with Gasteiger partial charge in [0.1, 0.15) is 5.82 Å². The van der Waals surface area contributed by atoms with E-state index in [0.717, 1.165) is 0 Å². The number of benzene rings is 1. The van der Waals surface area contributed by atoms with Gasteiger partial charge in [0, 0.05) is 23.3 Å². The number of nitriles is 1. The van der Waals surface area contributed by atoms with Crippen LogP contribution in [0.3, 0.4) is 0 Å². The topological polar surface area (TPSA) is 150 Å². The molecule has 11 nitrogen and oxygen atoms in total. The van der Waals surface area contributed by atoms with Crippen LogP contribution >= 0.6 is 23.1 Å². The first-order valence-electron chi connectivity index (χ1n) is 12.5. The van der Waals surface area contributed by atoms with Gasteiger partial charge in [0.05, 0.1) is 51.2 Å². The molecule has 1 aliphatic heterocycles. The lowest BCUT2D eigenvalue weighted by molar-refractivity contribution is -0.139. The van der Waals surface area contributed by atoms with Gasteiger partial charge in [-0.2, -0.15) is 5.26 Å². The first kappa shape index (κ1) is 29.2. The number of rotatable bonds is 9. The van der Waals surface area contributed by atoms with Crippen molar-refractivity contribution < 1.29 is 28.5 Å². The van der Waals surface area contributed by atoms with Gasteiger partial charge >= 0.3 is 5.97 Å². The number of methoxy groups -OCH3 is 3. The van der Waals surface area contributed by atoms with Gasteiger partial charge in [-0.15, -0.1) is 10.2 Å². The van der Waals surface area contributed by atoms with Crippen LogP contribution in [0.5, 0.6) is 17.2 Å². The second kappa shape index (κ2) is 11.8. The molecule has 1 atom stereocenters. The van der Waals surface area contributed by atoms with Gasteiger partial charge in [-0.3, -0.25) is 14.5 Å². The largest absolute Gasteiger partial charge is 0.493 e. The second-order valence-electron chi connectivity index (χ2n) is 9.85. The number of Topliss-reactive ketones (excluding diaryl/α,β-unsaturated/α-hetero) is 1. The molecule has 4 rings (SSSR count). The Bertz CT molecular complexity index is 1440. The number of ketones is 1. The third kappa shape index (κ3) is 5.33. The average Bonchev–Trinajstić information content (AvgIpc) is 3.38. The molecule has 212 valence electrons. The lowest BCUT2D eigenvalue weighted by Crippen LogP contribution is -2.42. The summed E-state index contributed by atoms with van der Waals surface area (Å²) in [4.78, 5) is 27.3. The number of nitrogens with two attached hydrogens (primary N) is 1. The number of hydrogen-bond donors (Lipinski definition) is 1. The van der Waals surface area contributed by atoms with Crippen LogP contribution in [-0.2, 0) is 14.3 Å². The number of aromatic nitrogens is 2. The fourth-order valence-corrected chi connectivity index (χ4v) is 6.74. The highest BCUT2D eigenvalue weighted by atomic mass is 32.2. The number of thioether (sulfide) groups is 1. The Morgan fingerprint density at radius 3 is 2.55 bits per heavy atom. The normalized spacial score (nSPS) is 18.3. The Kier molecular flexibility index (Phi) is 8.60. The van der Waals surface area contributed by atoms with Gasteiger partial charge in [-0.25, -0.2) is 0 Å². The third-order valence-electron chi connectivity index (χ3n) is 6.63. The van der Waals surface area contributed by atoms with Crippen LogP contribution in [-0.4, -0.2) is 55.6 Å². The predicted molar refractivity (Wildman–Crippen MR) is 150 cm³/mol. The number of ether oxygens (including phenoxy) is 4. The Labute approximate surface area is 240 Å². The van der Waals surface area contributed by atoms with Crippen molar-refractivity contribution in [2.75, 3.05) is 38.6 Å². The number of carbonyl (C=O) groups excluding carboxylic acids is 2. The molecule has 40 heavy (non-hydrogen) atoms. The van der Waals surface area contributed by atoms with Crippen LogP contribution in [0.4, 0.5) is 5.13 Å². The lowest BCUT2D eigenvalue weighted by atomic mass is 9.68. The quantitative estimate of drug-likeness (QED) is 0.332. The number of allylic oxidation sites excluding steroid dienone is 3. The van der Waals surface area contributed by atoms with E-state index in [1.807, 2.05) is 13.8 Å². The maximum absolute atomic E-state index is 13.9. The molecule has 0 radical (unpaired) electrons. The van der Waals surface area contributed by atoms with Crippen molar-refractivity contribution in [1.82, 2.24) is 10.2 Å². The van der Waals surface area contributed by atoms with Crippen LogP contribution in [0.25, 0.3) is 0 Å². The van der Waals surface area contributed by atoms with E-state index in [9.17, 15) is 14.9 Å². The summed E-state index contributed by atoms with van der Waals surface area (Å²) in [5, 5.41) is 19.3. The van der Waals surface area contributed by atoms with Gasteiger partial charge in [-0.1, -0.05) is 43.0 Å². The van der Waals surface area contributed by atoms with Crippen molar-refractivity contribution in [3.05, 3.63) is 40.4 Å². The fraction of sp³-hybridized carbons (Fsp3) is 0.444. The smallest absolute Gasteiger partial charge is 0.316 e. The minimum absolute atomic E-state index is 0.0812. The minimum Gasteiger partial charge on any atom is -0.493 e. The lowest BCUT2D eigenvalue weighted by Gasteiger charge is -2.42. The van der Waals surface area contributed by atoms with Gasteiger partial charge in [0.15, 0.2) is 21.6 Å². The van der Waals surface area contributed by atoms with Crippen molar-refractivity contribution in [3.63, 3.8) is 0 Å². The molecule has 1 unspecified atom stereocenters. The molecule has 2 aliphatic rings. The summed E-state index contributed by atoms with van der Waals surface area (Å²) in [6.45, 7) is 6.06. The SMILES string of the molecule is CCOC(=O)CSc1nnc(N2C(N)=C(C#N)C(c3ccc(OC)c(OC)c3OC)C3=C2CC(C)(C)CC3=O)s1. The summed E-state index contributed by atoms with van der Waals surface area (Å²) < 4.78 is 22.3. The van der Waals surface area contributed by atoms with Crippen LogP contribution in [0.1, 0.15) is 45.1 Å². The van der Waals surface area contributed by atoms with E-state index in [-0.39, 0.29) is 34.3 Å². The molecule has 1 aromatic carbocycles.